The van der Waals surface area contributed by atoms with Gasteiger partial charge in [0.25, 0.3) is 0 Å². The second kappa shape index (κ2) is 6.43. The fraction of sp³-hybridized carbons (Fsp3) is 0.267. The first-order valence-corrected chi connectivity index (χ1v) is 7.06. The lowest BCUT2D eigenvalue weighted by Crippen LogP contribution is -2.12. The monoisotopic (exact) mass is 286 g/mol. The van der Waals surface area contributed by atoms with Gasteiger partial charge in [-0.15, -0.1) is 0 Å². The zero-order valence-corrected chi connectivity index (χ0v) is 12.5. The van der Waals surface area contributed by atoms with Crippen LogP contribution in [-0.4, -0.2) is 15.0 Å². The smallest absolute Gasteiger partial charge is 0.148 e. The Hall–Kier alpha value is -2.01. The van der Waals surface area contributed by atoms with Crippen LogP contribution in [0, 0.1) is 0 Å². The molecular weight excluding hydrogens is 268 g/mol. The van der Waals surface area contributed by atoms with Gasteiger partial charge in [0.15, 0.2) is 0 Å². The average Bonchev–Trinajstić information content (AvgIpc) is 2.48. The van der Waals surface area contributed by atoms with E-state index in [1.807, 2.05) is 0 Å². The SMILES string of the molecule is CCc1cccc(CC)c1Nc1cnc(C(N)=S)cn1. The van der Waals surface area contributed by atoms with Gasteiger partial charge >= 0.3 is 0 Å². The first kappa shape index (κ1) is 14.4. The summed E-state index contributed by atoms with van der Waals surface area (Å²) in [5.74, 6) is 0.695. The van der Waals surface area contributed by atoms with Crippen molar-refractivity contribution in [2.45, 2.75) is 26.7 Å². The molecule has 0 saturated carbocycles. The lowest BCUT2D eigenvalue weighted by Gasteiger charge is -2.14. The zero-order valence-electron chi connectivity index (χ0n) is 11.7. The van der Waals surface area contributed by atoms with Crippen molar-refractivity contribution in [1.82, 2.24) is 9.97 Å². The maximum absolute atomic E-state index is 5.52. The minimum absolute atomic E-state index is 0.257. The summed E-state index contributed by atoms with van der Waals surface area (Å²) in [6.07, 6.45) is 5.17. The molecule has 5 heteroatoms. The summed E-state index contributed by atoms with van der Waals surface area (Å²) in [6.45, 7) is 4.28. The van der Waals surface area contributed by atoms with E-state index >= 15 is 0 Å². The predicted octanol–water partition coefficient (Wildman–Crippen LogP) is 2.98. The number of hydrogen-bond acceptors (Lipinski definition) is 4. The molecule has 0 radical (unpaired) electrons. The molecule has 0 bridgehead atoms. The van der Waals surface area contributed by atoms with E-state index in [0.717, 1.165) is 18.5 Å². The van der Waals surface area contributed by atoms with Gasteiger partial charge in [-0.3, -0.25) is 0 Å². The van der Waals surface area contributed by atoms with Crippen molar-refractivity contribution < 1.29 is 0 Å². The van der Waals surface area contributed by atoms with Gasteiger partial charge in [-0.1, -0.05) is 44.3 Å². The molecule has 0 aliphatic carbocycles. The summed E-state index contributed by atoms with van der Waals surface area (Å²) in [7, 11) is 0. The van der Waals surface area contributed by atoms with Crippen molar-refractivity contribution in [3.63, 3.8) is 0 Å². The molecule has 0 spiro atoms. The lowest BCUT2D eigenvalue weighted by atomic mass is 10.0. The predicted molar refractivity (Wildman–Crippen MR) is 86.4 cm³/mol. The Morgan fingerprint density at radius 3 is 2.25 bits per heavy atom. The minimum Gasteiger partial charge on any atom is -0.388 e. The van der Waals surface area contributed by atoms with E-state index in [1.54, 1.807) is 12.4 Å². The highest BCUT2D eigenvalue weighted by molar-refractivity contribution is 7.80. The second-order valence-electron chi connectivity index (χ2n) is 4.43. The molecule has 2 rings (SSSR count). The summed E-state index contributed by atoms with van der Waals surface area (Å²) in [6, 6.07) is 6.33. The Kier molecular flexibility index (Phi) is 4.63. The molecule has 0 fully saturated rings. The van der Waals surface area contributed by atoms with Gasteiger partial charge in [0.2, 0.25) is 0 Å². The molecule has 0 atom stereocenters. The van der Waals surface area contributed by atoms with Gasteiger partial charge in [0, 0.05) is 5.69 Å². The van der Waals surface area contributed by atoms with Crippen molar-refractivity contribution >= 4 is 28.7 Å². The summed E-state index contributed by atoms with van der Waals surface area (Å²) in [4.78, 5) is 8.76. The number of nitrogens with one attached hydrogen (secondary N) is 1. The van der Waals surface area contributed by atoms with Crippen LogP contribution in [0.1, 0.15) is 30.7 Å². The van der Waals surface area contributed by atoms with Crippen LogP contribution in [0.2, 0.25) is 0 Å². The van der Waals surface area contributed by atoms with Gasteiger partial charge in [-0.05, 0) is 24.0 Å². The van der Waals surface area contributed by atoms with Crippen LogP contribution in [0.4, 0.5) is 11.5 Å². The molecule has 0 unspecified atom stereocenters. The second-order valence-corrected chi connectivity index (χ2v) is 4.87. The van der Waals surface area contributed by atoms with E-state index in [4.69, 9.17) is 18.0 Å². The Balaban J connectivity index is 2.31. The lowest BCUT2D eigenvalue weighted by molar-refractivity contribution is 1.08. The standard InChI is InChI=1S/C15H18N4S/c1-3-10-6-5-7-11(4-2)14(10)19-13-9-17-12(8-18-13)15(16)20/h5-9H,3-4H2,1-2H3,(H2,16,20)(H,18,19). The molecule has 2 aromatic rings. The molecule has 0 aliphatic heterocycles. The Labute approximate surface area is 124 Å². The van der Waals surface area contributed by atoms with E-state index in [0.29, 0.717) is 11.5 Å². The number of rotatable bonds is 5. The molecule has 20 heavy (non-hydrogen) atoms. The number of anilines is 2. The fourth-order valence-electron chi connectivity index (χ4n) is 2.05. The Morgan fingerprint density at radius 1 is 1.15 bits per heavy atom. The van der Waals surface area contributed by atoms with Gasteiger partial charge in [-0.2, -0.15) is 0 Å². The van der Waals surface area contributed by atoms with Gasteiger partial charge in [0.1, 0.15) is 16.5 Å². The third kappa shape index (κ3) is 3.11. The summed E-state index contributed by atoms with van der Waals surface area (Å²) >= 11 is 4.87. The molecule has 1 aromatic carbocycles. The minimum atomic E-state index is 0.257. The quantitative estimate of drug-likeness (QED) is 0.827. The molecule has 3 N–H and O–H groups in total. The van der Waals surface area contributed by atoms with Gasteiger partial charge in [-0.25, -0.2) is 9.97 Å². The van der Waals surface area contributed by atoms with E-state index in [-0.39, 0.29) is 4.99 Å². The van der Waals surface area contributed by atoms with Crippen molar-refractivity contribution in [1.29, 1.82) is 0 Å². The normalized spacial score (nSPS) is 10.3. The van der Waals surface area contributed by atoms with Crippen LogP contribution in [-0.2, 0) is 12.8 Å². The van der Waals surface area contributed by atoms with E-state index in [2.05, 4.69) is 47.3 Å². The topological polar surface area (TPSA) is 63.8 Å². The zero-order chi connectivity index (χ0) is 14.5. The Bertz CT molecular complexity index is 586. The van der Waals surface area contributed by atoms with E-state index < -0.39 is 0 Å². The number of hydrogen-bond donors (Lipinski definition) is 2. The first-order chi connectivity index (χ1) is 9.65. The number of benzene rings is 1. The first-order valence-electron chi connectivity index (χ1n) is 6.65. The highest BCUT2D eigenvalue weighted by Crippen LogP contribution is 2.25. The van der Waals surface area contributed by atoms with Crippen LogP contribution in [0.5, 0.6) is 0 Å². The van der Waals surface area contributed by atoms with Crippen LogP contribution in [0.25, 0.3) is 0 Å². The van der Waals surface area contributed by atoms with Crippen LogP contribution in [0.15, 0.2) is 30.6 Å². The number of thiocarbonyl (C=S) groups is 1. The number of nitrogens with zero attached hydrogens (tertiary/aromatic N) is 2. The summed E-state index contributed by atoms with van der Waals surface area (Å²) in [5.41, 5.74) is 9.71. The van der Waals surface area contributed by atoms with Gasteiger partial charge < -0.3 is 11.1 Å². The Morgan fingerprint density at radius 2 is 1.80 bits per heavy atom. The summed E-state index contributed by atoms with van der Waals surface area (Å²) in [5, 5.41) is 3.35. The third-order valence-electron chi connectivity index (χ3n) is 3.16. The number of aromatic nitrogens is 2. The molecule has 0 amide bonds. The van der Waals surface area contributed by atoms with Crippen molar-refractivity contribution in [3.8, 4) is 0 Å². The molecule has 104 valence electrons. The van der Waals surface area contributed by atoms with E-state index in [9.17, 15) is 0 Å². The number of aryl methyl sites for hydroxylation is 2. The maximum Gasteiger partial charge on any atom is 0.148 e. The highest BCUT2D eigenvalue weighted by atomic mass is 32.1. The largest absolute Gasteiger partial charge is 0.388 e. The molecule has 0 aliphatic rings. The maximum atomic E-state index is 5.52. The molecule has 4 nitrogen and oxygen atoms in total. The average molecular weight is 286 g/mol. The molecular formula is C15H18N4S. The van der Waals surface area contributed by atoms with Crippen molar-refractivity contribution in [2.75, 3.05) is 5.32 Å². The molecule has 0 saturated heterocycles. The number of nitrogens with two attached hydrogens (primary N) is 1. The van der Waals surface area contributed by atoms with Gasteiger partial charge in [0.05, 0.1) is 12.4 Å². The fourth-order valence-corrected chi connectivity index (χ4v) is 2.16. The van der Waals surface area contributed by atoms with E-state index in [1.165, 1.54) is 11.1 Å². The molecule has 1 aromatic heterocycles. The molecule has 1 heterocycles. The summed E-state index contributed by atoms with van der Waals surface area (Å²) < 4.78 is 0. The van der Waals surface area contributed by atoms with Crippen LogP contribution < -0.4 is 11.1 Å². The third-order valence-corrected chi connectivity index (χ3v) is 3.37. The highest BCUT2D eigenvalue weighted by Gasteiger charge is 2.07. The van der Waals surface area contributed by atoms with Crippen molar-refractivity contribution in [2.24, 2.45) is 5.73 Å². The van der Waals surface area contributed by atoms with Crippen molar-refractivity contribution in [3.05, 3.63) is 47.4 Å². The van der Waals surface area contributed by atoms with Crippen LogP contribution >= 0.6 is 12.2 Å². The van der Waals surface area contributed by atoms with Crippen LogP contribution in [0.3, 0.4) is 0 Å². The number of para-hydroxylation sites is 1.